The number of sulfonamides is 1. The number of rotatable bonds is 7. The van der Waals surface area contributed by atoms with Crippen LogP contribution in [0.15, 0.2) is 76.0 Å². The highest BCUT2D eigenvalue weighted by molar-refractivity contribution is 7.89. The van der Waals surface area contributed by atoms with Gasteiger partial charge in [-0.2, -0.15) is 4.31 Å². The van der Waals surface area contributed by atoms with E-state index in [2.05, 4.69) is 5.32 Å². The van der Waals surface area contributed by atoms with Gasteiger partial charge in [0.2, 0.25) is 15.9 Å². The monoisotopic (exact) mass is 398 g/mol. The Bertz CT molecular complexity index is 1040. The molecule has 1 heterocycles. The van der Waals surface area contributed by atoms with E-state index in [1.54, 1.807) is 18.2 Å². The van der Waals surface area contributed by atoms with E-state index in [0.717, 1.165) is 11.3 Å². The van der Waals surface area contributed by atoms with Crippen molar-refractivity contribution in [3.05, 3.63) is 83.8 Å². The van der Waals surface area contributed by atoms with Crippen LogP contribution in [0.4, 0.5) is 5.69 Å². The van der Waals surface area contributed by atoms with Crippen LogP contribution in [0.3, 0.4) is 0 Å². The van der Waals surface area contributed by atoms with E-state index in [9.17, 15) is 13.2 Å². The smallest absolute Gasteiger partial charge is 0.243 e. The summed E-state index contributed by atoms with van der Waals surface area (Å²) in [5, 5.41) is 2.63. The first kappa shape index (κ1) is 19.9. The first-order valence-electron chi connectivity index (χ1n) is 8.81. The van der Waals surface area contributed by atoms with Gasteiger partial charge in [-0.1, -0.05) is 30.3 Å². The van der Waals surface area contributed by atoms with Crippen molar-refractivity contribution in [3.63, 3.8) is 0 Å². The molecule has 28 heavy (non-hydrogen) atoms. The van der Waals surface area contributed by atoms with Gasteiger partial charge in [-0.05, 0) is 48.9 Å². The van der Waals surface area contributed by atoms with Gasteiger partial charge < -0.3 is 9.73 Å². The molecule has 146 valence electrons. The van der Waals surface area contributed by atoms with Gasteiger partial charge in [0, 0.05) is 19.2 Å². The third kappa shape index (κ3) is 4.88. The number of carbonyl (C=O) groups excluding carboxylic acids is 1. The number of anilines is 1. The van der Waals surface area contributed by atoms with Crippen molar-refractivity contribution in [1.29, 1.82) is 0 Å². The third-order valence-electron chi connectivity index (χ3n) is 4.14. The Balaban J connectivity index is 1.91. The third-order valence-corrected chi connectivity index (χ3v) is 5.95. The average molecular weight is 398 g/mol. The lowest BCUT2D eigenvalue weighted by molar-refractivity contribution is -0.114. The molecule has 0 fully saturated rings. The summed E-state index contributed by atoms with van der Waals surface area (Å²) in [6.07, 6.45) is 0. The van der Waals surface area contributed by atoms with Crippen LogP contribution in [0.5, 0.6) is 0 Å². The lowest BCUT2D eigenvalue weighted by Crippen LogP contribution is -2.30. The van der Waals surface area contributed by atoms with E-state index in [1.807, 2.05) is 43.3 Å². The first-order valence-corrected chi connectivity index (χ1v) is 10.3. The summed E-state index contributed by atoms with van der Waals surface area (Å²) in [6.45, 7) is 3.56. The summed E-state index contributed by atoms with van der Waals surface area (Å²) in [4.78, 5) is 11.3. The van der Waals surface area contributed by atoms with E-state index in [-0.39, 0.29) is 23.9 Å². The quantitative estimate of drug-likeness (QED) is 0.654. The molecule has 1 N–H and O–H groups in total. The van der Waals surface area contributed by atoms with Crippen LogP contribution in [0, 0.1) is 6.92 Å². The Morgan fingerprint density at radius 3 is 2.21 bits per heavy atom. The van der Waals surface area contributed by atoms with Gasteiger partial charge >= 0.3 is 0 Å². The molecule has 0 radical (unpaired) electrons. The number of nitrogens with one attached hydrogen (secondary N) is 1. The molecule has 0 spiro atoms. The summed E-state index contributed by atoms with van der Waals surface area (Å²) < 4.78 is 33.5. The second-order valence-corrected chi connectivity index (χ2v) is 8.41. The van der Waals surface area contributed by atoms with Crippen molar-refractivity contribution in [1.82, 2.24) is 4.31 Å². The molecule has 0 atom stereocenters. The van der Waals surface area contributed by atoms with Crippen molar-refractivity contribution < 1.29 is 17.6 Å². The first-order chi connectivity index (χ1) is 13.3. The minimum absolute atomic E-state index is 0.124. The Kier molecular flexibility index (Phi) is 5.96. The molecule has 7 heteroatoms. The number of nitrogens with zero attached hydrogens (tertiary/aromatic N) is 1. The van der Waals surface area contributed by atoms with E-state index < -0.39 is 10.0 Å². The van der Waals surface area contributed by atoms with Crippen LogP contribution in [0.2, 0.25) is 0 Å². The molecule has 0 saturated carbocycles. The number of aryl methyl sites for hydroxylation is 1. The minimum atomic E-state index is -3.77. The molecular formula is C21H22N2O4S. The minimum Gasteiger partial charge on any atom is -0.465 e. The molecule has 0 aliphatic rings. The second kappa shape index (κ2) is 8.41. The van der Waals surface area contributed by atoms with E-state index >= 15 is 0 Å². The molecule has 0 unspecified atom stereocenters. The molecule has 2 aromatic carbocycles. The van der Waals surface area contributed by atoms with Crippen LogP contribution in [-0.2, 0) is 27.9 Å². The summed E-state index contributed by atoms with van der Waals surface area (Å²) in [7, 11) is -3.77. The average Bonchev–Trinajstić information content (AvgIpc) is 3.07. The largest absolute Gasteiger partial charge is 0.465 e. The fourth-order valence-corrected chi connectivity index (χ4v) is 4.21. The molecule has 0 aliphatic heterocycles. The highest BCUT2D eigenvalue weighted by Crippen LogP contribution is 2.23. The maximum atomic E-state index is 13.3. The highest BCUT2D eigenvalue weighted by atomic mass is 32.2. The SMILES string of the molecule is CC(=O)Nc1ccc(S(=O)(=O)N(Cc2ccccc2)Cc2ccc(C)o2)cc1. The summed E-state index contributed by atoms with van der Waals surface area (Å²) in [5.74, 6) is 1.09. The Morgan fingerprint density at radius 2 is 1.64 bits per heavy atom. The maximum absolute atomic E-state index is 13.3. The van der Waals surface area contributed by atoms with Gasteiger partial charge in [0.05, 0.1) is 11.4 Å². The van der Waals surface area contributed by atoms with Crippen molar-refractivity contribution in [3.8, 4) is 0 Å². The Labute approximate surface area is 164 Å². The molecule has 1 amide bonds. The van der Waals surface area contributed by atoms with Crippen LogP contribution >= 0.6 is 0 Å². The van der Waals surface area contributed by atoms with E-state index in [0.29, 0.717) is 11.4 Å². The number of hydrogen-bond acceptors (Lipinski definition) is 4. The predicted octanol–water partition coefficient (Wildman–Crippen LogP) is 3.94. The van der Waals surface area contributed by atoms with E-state index in [1.165, 1.54) is 23.4 Å². The van der Waals surface area contributed by atoms with Crippen LogP contribution < -0.4 is 5.32 Å². The summed E-state index contributed by atoms with van der Waals surface area (Å²) in [6, 6.07) is 19.1. The number of benzene rings is 2. The molecule has 3 rings (SSSR count). The second-order valence-electron chi connectivity index (χ2n) is 6.48. The number of amides is 1. The highest BCUT2D eigenvalue weighted by Gasteiger charge is 2.26. The van der Waals surface area contributed by atoms with Gasteiger partial charge in [0.15, 0.2) is 0 Å². The van der Waals surface area contributed by atoms with Crippen LogP contribution in [-0.4, -0.2) is 18.6 Å². The zero-order valence-electron chi connectivity index (χ0n) is 15.8. The summed E-state index contributed by atoms with van der Waals surface area (Å²) in [5.41, 5.74) is 1.42. The normalized spacial score (nSPS) is 11.5. The fraction of sp³-hybridized carbons (Fsp3) is 0.190. The van der Waals surface area contributed by atoms with Crippen LogP contribution in [0.1, 0.15) is 24.0 Å². The predicted molar refractivity (Wildman–Crippen MR) is 107 cm³/mol. The number of furan rings is 1. The maximum Gasteiger partial charge on any atom is 0.243 e. The zero-order valence-corrected chi connectivity index (χ0v) is 16.6. The molecular weight excluding hydrogens is 376 g/mol. The molecule has 1 aromatic heterocycles. The van der Waals surface area contributed by atoms with Gasteiger partial charge in [-0.15, -0.1) is 0 Å². The van der Waals surface area contributed by atoms with E-state index in [4.69, 9.17) is 4.42 Å². The van der Waals surface area contributed by atoms with Gasteiger partial charge in [-0.25, -0.2) is 8.42 Å². The number of carbonyl (C=O) groups is 1. The number of hydrogen-bond donors (Lipinski definition) is 1. The Morgan fingerprint density at radius 1 is 0.964 bits per heavy atom. The van der Waals surface area contributed by atoms with Crippen LogP contribution in [0.25, 0.3) is 0 Å². The summed E-state index contributed by atoms with van der Waals surface area (Å²) >= 11 is 0. The molecule has 3 aromatic rings. The molecule has 0 bridgehead atoms. The topological polar surface area (TPSA) is 79.6 Å². The van der Waals surface area contributed by atoms with Gasteiger partial charge in [0.25, 0.3) is 0 Å². The zero-order chi connectivity index (χ0) is 20.1. The van der Waals surface area contributed by atoms with Crippen molar-refractivity contribution in [2.24, 2.45) is 0 Å². The van der Waals surface area contributed by atoms with Gasteiger partial charge in [0.1, 0.15) is 11.5 Å². The standard InChI is InChI=1S/C21H22N2O4S/c1-16-8-11-20(27-16)15-23(14-18-6-4-3-5-7-18)28(25,26)21-12-9-19(10-13-21)22-17(2)24/h3-13H,14-15H2,1-2H3,(H,22,24). The molecule has 6 nitrogen and oxygen atoms in total. The lowest BCUT2D eigenvalue weighted by atomic mass is 10.2. The Hall–Kier alpha value is -2.90. The molecule has 0 aliphatic carbocycles. The lowest BCUT2D eigenvalue weighted by Gasteiger charge is -2.21. The van der Waals surface area contributed by atoms with Crippen molar-refractivity contribution in [2.75, 3.05) is 5.32 Å². The van der Waals surface area contributed by atoms with Crippen molar-refractivity contribution >= 4 is 21.6 Å². The van der Waals surface area contributed by atoms with Crippen molar-refractivity contribution in [2.45, 2.75) is 31.8 Å². The fourth-order valence-electron chi connectivity index (χ4n) is 2.82. The van der Waals surface area contributed by atoms with Gasteiger partial charge in [-0.3, -0.25) is 4.79 Å². The molecule has 0 saturated heterocycles.